The molecule has 2 aliphatic rings. The van der Waals surface area contributed by atoms with E-state index in [0.29, 0.717) is 13.0 Å². The minimum atomic E-state index is -1.29. The summed E-state index contributed by atoms with van der Waals surface area (Å²) >= 11 is 0. The zero-order chi connectivity index (χ0) is 17.0. The summed E-state index contributed by atoms with van der Waals surface area (Å²) in [6.45, 7) is 5.97. The van der Waals surface area contributed by atoms with Crippen molar-refractivity contribution in [1.29, 1.82) is 0 Å². The summed E-state index contributed by atoms with van der Waals surface area (Å²) in [4.78, 5) is 36.5. The molecule has 0 aromatic heterocycles. The molecule has 6 heteroatoms. The third-order valence-electron chi connectivity index (χ3n) is 4.41. The average Bonchev–Trinajstić information content (AvgIpc) is 3.19. The molecule has 128 valence electrons. The number of ether oxygens (including phenoxy) is 3. The monoisotopic (exact) mass is 324 g/mol. The normalized spacial score (nSPS) is 24.6. The van der Waals surface area contributed by atoms with Crippen LogP contribution in [0.4, 0.5) is 0 Å². The van der Waals surface area contributed by atoms with Gasteiger partial charge < -0.3 is 14.2 Å². The summed E-state index contributed by atoms with van der Waals surface area (Å²) < 4.78 is 15.2. The summed E-state index contributed by atoms with van der Waals surface area (Å²) in [5.74, 6) is -1.37. The lowest BCUT2D eigenvalue weighted by atomic mass is 9.83. The SMILES string of the molecule is CCOC(=O)[C@@H]1C[C@H]1C1=CCC(C(=O)OCC)(C(=O)OCC)C1. The van der Waals surface area contributed by atoms with Gasteiger partial charge in [-0.25, -0.2) is 0 Å². The van der Waals surface area contributed by atoms with Crippen molar-refractivity contribution < 1.29 is 28.6 Å². The van der Waals surface area contributed by atoms with Crippen molar-refractivity contribution in [3.63, 3.8) is 0 Å². The molecule has 0 radical (unpaired) electrons. The molecule has 2 rings (SSSR count). The average molecular weight is 324 g/mol. The van der Waals surface area contributed by atoms with Crippen LogP contribution in [0.1, 0.15) is 40.0 Å². The van der Waals surface area contributed by atoms with E-state index in [2.05, 4.69) is 0 Å². The van der Waals surface area contributed by atoms with Gasteiger partial charge in [0.1, 0.15) is 0 Å². The third-order valence-corrected chi connectivity index (χ3v) is 4.41. The second-order valence-electron chi connectivity index (χ2n) is 5.88. The summed E-state index contributed by atoms with van der Waals surface area (Å²) in [7, 11) is 0. The zero-order valence-electron chi connectivity index (χ0n) is 13.9. The van der Waals surface area contributed by atoms with E-state index in [1.807, 2.05) is 6.08 Å². The minimum absolute atomic E-state index is 0.0692. The molecule has 2 atom stereocenters. The second kappa shape index (κ2) is 7.15. The van der Waals surface area contributed by atoms with Crippen LogP contribution in [0.3, 0.4) is 0 Å². The van der Waals surface area contributed by atoms with Crippen LogP contribution in [-0.4, -0.2) is 37.7 Å². The van der Waals surface area contributed by atoms with Gasteiger partial charge in [0, 0.05) is 0 Å². The van der Waals surface area contributed by atoms with Crippen molar-refractivity contribution in [3.8, 4) is 0 Å². The fraction of sp³-hybridized carbons (Fsp3) is 0.706. The Morgan fingerprint density at radius 1 is 1.04 bits per heavy atom. The highest BCUT2D eigenvalue weighted by Crippen LogP contribution is 2.53. The fourth-order valence-corrected chi connectivity index (χ4v) is 3.13. The van der Waals surface area contributed by atoms with Crippen LogP contribution in [0.15, 0.2) is 11.6 Å². The van der Waals surface area contributed by atoms with E-state index in [9.17, 15) is 14.4 Å². The Morgan fingerprint density at radius 3 is 2.13 bits per heavy atom. The molecule has 0 N–H and O–H groups in total. The van der Waals surface area contributed by atoms with Gasteiger partial charge in [0.15, 0.2) is 5.41 Å². The van der Waals surface area contributed by atoms with Crippen molar-refractivity contribution in [2.45, 2.75) is 40.0 Å². The molecule has 0 amide bonds. The lowest BCUT2D eigenvalue weighted by Gasteiger charge is -2.24. The van der Waals surface area contributed by atoms with Gasteiger partial charge in [-0.2, -0.15) is 0 Å². The molecule has 0 spiro atoms. The van der Waals surface area contributed by atoms with Crippen molar-refractivity contribution in [1.82, 2.24) is 0 Å². The first-order valence-corrected chi connectivity index (χ1v) is 8.20. The van der Waals surface area contributed by atoms with Gasteiger partial charge in [-0.15, -0.1) is 0 Å². The Kier molecular flexibility index (Phi) is 5.44. The minimum Gasteiger partial charge on any atom is -0.466 e. The molecular formula is C17H24O6. The van der Waals surface area contributed by atoms with Gasteiger partial charge in [0.25, 0.3) is 0 Å². The van der Waals surface area contributed by atoms with E-state index in [-0.39, 0.29) is 43.9 Å². The van der Waals surface area contributed by atoms with Gasteiger partial charge in [-0.1, -0.05) is 11.6 Å². The first-order chi connectivity index (χ1) is 11.0. The molecular weight excluding hydrogens is 300 g/mol. The number of carbonyl (C=O) groups is 3. The van der Waals surface area contributed by atoms with Crippen molar-refractivity contribution in [3.05, 3.63) is 11.6 Å². The predicted molar refractivity (Wildman–Crippen MR) is 81.2 cm³/mol. The van der Waals surface area contributed by atoms with E-state index in [0.717, 1.165) is 5.57 Å². The summed E-state index contributed by atoms with van der Waals surface area (Å²) in [5.41, 5.74) is -0.326. The number of carbonyl (C=O) groups excluding carboxylic acids is 3. The van der Waals surface area contributed by atoms with E-state index in [1.165, 1.54) is 0 Å². The van der Waals surface area contributed by atoms with Crippen LogP contribution < -0.4 is 0 Å². The number of rotatable bonds is 7. The fourth-order valence-electron chi connectivity index (χ4n) is 3.13. The van der Waals surface area contributed by atoms with Crippen molar-refractivity contribution >= 4 is 17.9 Å². The molecule has 23 heavy (non-hydrogen) atoms. The molecule has 1 saturated carbocycles. The maximum absolute atomic E-state index is 12.3. The van der Waals surface area contributed by atoms with Gasteiger partial charge in [0.2, 0.25) is 0 Å². The lowest BCUT2D eigenvalue weighted by Crippen LogP contribution is -2.40. The van der Waals surface area contributed by atoms with Crippen LogP contribution in [0, 0.1) is 17.3 Å². The van der Waals surface area contributed by atoms with Gasteiger partial charge in [0.05, 0.1) is 25.7 Å². The molecule has 2 aliphatic carbocycles. The molecule has 0 aliphatic heterocycles. The van der Waals surface area contributed by atoms with E-state index >= 15 is 0 Å². The van der Waals surface area contributed by atoms with Crippen molar-refractivity contribution in [2.24, 2.45) is 17.3 Å². The first-order valence-electron chi connectivity index (χ1n) is 8.20. The maximum atomic E-state index is 12.3. The highest BCUT2D eigenvalue weighted by atomic mass is 16.6. The molecule has 0 heterocycles. The number of esters is 3. The predicted octanol–water partition coefficient (Wildman–Crippen LogP) is 2.02. The maximum Gasteiger partial charge on any atom is 0.324 e. The molecule has 6 nitrogen and oxygen atoms in total. The molecule has 0 unspecified atom stereocenters. The lowest BCUT2D eigenvalue weighted by molar-refractivity contribution is -0.171. The summed E-state index contributed by atoms with van der Waals surface area (Å²) in [6, 6.07) is 0. The van der Waals surface area contributed by atoms with Crippen molar-refractivity contribution in [2.75, 3.05) is 19.8 Å². The molecule has 0 saturated heterocycles. The second-order valence-corrected chi connectivity index (χ2v) is 5.88. The van der Waals surface area contributed by atoms with Gasteiger partial charge in [-0.3, -0.25) is 14.4 Å². The van der Waals surface area contributed by atoms with E-state index in [1.54, 1.807) is 20.8 Å². The van der Waals surface area contributed by atoms with Crippen LogP contribution in [0.5, 0.6) is 0 Å². The highest BCUT2D eigenvalue weighted by Gasteiger charge is 2.56. The molecule has 1 fully saturated rings. The van der Waals surface area contributed by atoms with E-state index in [4.69, 9.17) is 14.2 Å². The zero-order valence-corrected chi connectivity index (χ0v) is 13.9. The Labute approximate surface area is 136 Å². The Morgan fingerprint density at radius 2 is 1.61 bits per heavy atom. The largest absolute Gasteiger partial charge is 0.466 e. The van der Waals surface area contributed by atoms with Crippen LogP contribution in [0.2, 0.25) is 0 Å². The van der Waals surface area contributed by atoms with E-state index < -0.39 is 17.4 Å². The quantitative estimate of drug-likeness (QED) is 0.308. The topological polar surface area (TPSA) is 78.9 Å². The summed E-state index contributed by atoms with van der Waals surface area (Å²) in [6.07, 6.45) is 3.14. The smallest absolute Gasteiger partial charge is 0.324 e. The standard InChI is InChI=1S/C17H24O6/c1-4-21-14(18)13-9-12(13)11-7-8-17(10-11,15(19)22-5-2)16(20)23-6-3/h7,12-13H,4-6,8-10H2,1-3H3/t12-,13+/m0/s1. The molecule has 0 aromatic carbocycles. The third kappa shape index (κ3) is 3.41. The van der Waals surface area contributed by atoms with Crippen LogP contribution in [-0.2, 0) is 28.6 Å². The number of allylic oxidation sites excluding steroid dienone is 2. The summed E-state index contributed by atoms with van der Waals surface area (Å²) in [5, 5.41) is 0. The Hall–Kier alpha value is -1.85. The molecule has 0 aromatic rings. The highest BCUT2D eigenvalue weighted by molar-refractivity contribution is 6.01. The van der Waals surface area contributed by atoms with Crippen LogP contribution >= 0.6 is 0 Å². The number of hydrogen-bond donors (Lipinski definition) is 0. The first kappa shape index (κ1) is 17.5. The Bertz CT molecular complexity index is 503. The number of hydrogen-bond acceptors (Lipinski definition) is 6. The van der Waals surface area contributed by atoms with Gasteiger partial charge >= 0.3 is 17.9 Å². The van der Waals surface area contributed by atoms with Gasteiger partial charge in [-0.05, 0) is 46.0 Å². The van der Waals surface area contributed by atoms with Crippen LogP contribution in [0.25, 0.3) is 0 Å². The molecule has 0 bridgehead atoms. The Balaban J connectivity index is 2.07.